The Morgan fingerprint density at radius 3 is 2.08 bits per heavy atom. The summed E-state index contributed by atoms with van der Waals surface area (Å²) in [5.74, 6) is 1.80. The zero-order chi connectivity index (χ0) is 18.2. The Balaban J connectivity index is 0.00000338. The fraction of sp³-hybridized carbons (Fsp3) is 0.316. The predicted octanol–water partition coefficient (Wildman–Crippen LogP) is 3.63. The van der Waals surface area contributed by atoms with E-state index in [1.165, 1.54) is 6.07 Å². The zero-order valence-corrected chi connectivity index (χ0v) is 17.8. The number of hydrogen-bond donors (Lipinski definition) is 2. The van der Waals surface area contributed by atoms with Gasteiger partial charge < -0.3 is 20.1 Å². The first-order valence-corrected chi connectivity index (χ1v) is 7.97. The molecule has 0 aliphatic heterocycles. The Hall–Kier alpha value is -2.03. The number of nitrogens with one attached hydrogen (secondary N) is 2. The third-order valence-electron chi connectivity index (χ3n) is 3.83. The van der Waals surface area contributed by atoms with E-state index in [1.807, 2.05) is 24.3 Å². The minimum atomic E-state index is -0.201. The van der Waals surface area contributed by atoms with Crippen LogP contribution in [-0.4, -0.2) is 27.2 Å². The molecule has 2 N–H and O–H groups in total. The lowest BCUT2D eigenvalue weighted by Gasteiger charge is -2.14. The van der Waals surface area contributed by atoms with Crippen molar-refractivity contribution in [1.82, 2.24) is 10.6 Å². The summed E-state index contributed by atoms with van der Waals surface area (Å²) < 4.78 is 24.1. The highest BCUT2D eigenvalue weighted by atomic mass is 127. The molecule has 2 aromatic rings. The number of aliphatic imine (C=N–C) groups is 1. The van der Waals surface area contributed by atoms with E-state index in [0.29, 0.717) is 36.1 Å². The third kappa shape index (κ3) is 6.05. The van der Waals surface area contributed by atoms with Crippen molar-refractivity contribution in [3.05, 3.63) is 58.9 Å². The molecule has 0 radical (unpaired) electrons. The van der Waals surface area contributed by atoms with Crippen LogP contribution in [-0.2, 0) is 13.1 Å². The number of benzene rings is 2. The molecule has 0 saturated carbocycles. The van der Waals surface area contributed by atoms with Gasteiger partial charge in [-0.3, -0.25) is 4.99 Å². The topological polar surface area (TPSA) is 54.9 Å². The number of guanidine groups is 1. The molecule has 0 saturated heterocycles. The lowest BCUT2D eigenvalue weighted by atomic mass is 10.1. The van der Waals surface area contributed by atoms with Gasteiger partial charge in [0.15, 0.2) is 17.5 Å². The molecule has 0 fully saturated rings. The number of halogens is 2. The van der Waals surface area contributed by atoms with Crippen LogP contribution in [0.3, 0.4) is 0 Å². The fourth-order valence-corrected chi connectivity index (χ4v) is 2.33. The van der Waals surface area contributed by atoms with Gasteiger partial charge in [-0.15, -0.1) is 24.0 Å². The van der Waals surface area contributed by atoms with E-state index in [1.54, 1.807) is 34.3 Å². The van der Waals surface area contributed by atoms with Crippen LogP contribution in [0.5, 0.6) is 11.5 Å². The van der Waals surface area contributed by atoms with Crippen LogP contribution in [0.15, 0.2) is 41.4 Å². The number of ether oxygens (including phenoxy) is 2. The first kappa shape index (κ1) is 22.0. The maximum absolute atomic E-state index is 13.6. The van der Waals surface area contributed by atoms with E-state index >= 15 is 0 Å². The molecule has 0 amide bonds. The van der Waals surface area contributed by atoms with Crippen molar-refractivity contribution in [2.24, 2.45) is 4.99 Å². The molecule has 0 spiro atoms. The SMILES string of the molecule is CN=C(NCc1ccc(C)c(F)c1)NCc1ccc(OC)c(OC)c1.I. The standard InChI is InChI=1S/C19H24FN3O2.HI/c1-13-5-6-14(9-16(13)20)11-22-19(21-2)23-12-15-7-8-17(24-3)18(10-15)25-4;/h5-10H,11-12H2,1-4H3,(H2,21,22,23);1H. The van der Waals surface area contributed by atoms with E-state index < -0.39 is 0 Å². The number of aryl methyl sites for hydroxylation is 1. The van der Waals surface area contributed by atoms with Gasteiger partial charge in [0.1, 0.15) is 5.82 Å². The van der Waals surface area contributed by atoms with Gasteiger partial charge in [0.25, 0.3) is 0 Å². The van der Waals surface area contributed by atoms with Gasteiger partial charge >= 0.3 is 0 Å². The summed E-state index contributed by atoms with van der Waals surface area (Å²) in [5.41, 5.74) is 2.53. The smallest absolute Gasteiger partial charge is 0.191 e. The summed E-state index contributed by atoms with van der Waals surface area (Å²) in [6, 6.07) is 10.9. The van der Waals surface area contributed by atoms with Crippen LogP contribution < -0.4 is 20.1 Å². The minimum Gasteiger partial charge on any atom is -0.493 e. The van der Waals surface area contributed by atoms with Crippen molar-refractivity contribution in [2.75, 3.05) is 21.3 Å². The van der Waals surface area contributed by atoms with Crippen LogP contribution in [0.1, 0.15) is 16.7 Å². The Bertz CT molecular complexity index is 754. The van der Waals surface area contributed by atoms with E-state index in [2.05, 4.69) is 15.6 Å². The second-order valence-corrected chi connectivity index (χ2v) is 5.55. The maximum Gasteiger partial charge on any atom is 0.191 e. The molecule has 0 aliphatic rings. The maximum atomic E-state index is 13.6. The van der Waals surface area contributed by atoms with Crippen molar-refractivity contribution < 1.29 is 13.9 Å². The summed E-state index contributed by atoms with van der Waals surface area (Å²) in [6.45, 7) is 2.81. The molecule has 26 heavy (non-hydrogen) atoms. The van der Waals surface area contributed by atoms with Crippen LogP contribution in [0.4, 0.5) is 4.39 Å². The number of rotatable bonds is 6. The predicted molar refractivity (Wildman–Crippen MR) is 113 cm³/mol. The highest BCUT2D eigenvalue weighted by Crippen LogP contribution is 2.27. The van der Waals surface area contributed by atoms with Gasteiger partial charge in [0, 0.05) is 20.1 Å². The van der Waals surface area contributed by atoms with Gasteiger partial charge in [-0.05, 0) is 41.8 Å². The van der Waals surface area contributed by atoms with Crippen LogP contribution >= 0.6 is 24.0 Å². The summed E-state index contributed by atoms with van der Waals surface area (Å²) in [5, 5.41) is 6.39. The van der Waals surface area contributed by atoms with E-state index in [9.17, 15) is 4.39 Å². The highest BCUT2D eigenvalue weighted by Gasteiger charge is 2.06. The second-order valence-electron chi connectivity index (χ2n) is 5.55. The minimum absolute atomic E-state index is 0. The molecule has 7 heteroatoms. The quantitative estimate of drug-likeness (QED) is 0.382. The monoisotopic (exact) mass is 473 g/mol. The summed E-state index contributed by atoms with van der Waals surface area (Å²) in [7, 11) is 4.91. The Labute approximate surface area is 171 Å². The molecule has 0 bridgehead atoms. The molecule has 0 aliphatic carbocycles. The van der Waals surface area contributed by atoms with Gasteiger partial charge in [-0.2, -0.15) is 0 Å². The Morgan fingerprint density at radius 1 is 0.962 bits per heavy atom. The van der Waals surface area contributed by atoms with Crippen molar-refractivity contribution >= 4 is 29.9 Å². The zero-order valence-electron chi connectivity index (χ0n) is 15.4. The highest BCUT2D eigenvalue weighted by molar-refractivity contribution is 14.0. The molecule has 2 rings (SSSR count). The number of hydrogen-bond acceptors (Lipinski definition) is 3. The average Bonchev–Trinajstić information content (AvgIpc) is 2.64. The van der Waals surface area contributed by atoms with E-state index in [0.717, 1.165) is 11.1 Å². The summed E-state index contributed by atoms with van der Waals surface area (Å²) in [4.78, 5) is 4.18. The first-order valence-electron chi connectivity index (χ1n) is 7.97. The van der Waals surface area contributed by atoms with Crippen LogP contribution in [0.2, 0.25) is 0 Å². The second kappa shape index (κ2) is 10.8. The number of methoxy groups -OCH3 is 2. The molecule has 0 atom stereocenters. The Kier molecular flexibility index (Phi) is 9.18. The molecule has 0 unspecified atom stereocenters. The van der Waals surface area contributed by atoms with E-state index in [-0.39, 0.29) is 29.8 Å². The summed E-state index contributed by atoms with van der Waals surface area (Å²) in [6.07, 6.45) is 0. The lowest BCUT2D eigenvalue weighted by molar-refractivity contribution is 0.354. The lowest BCUT2D eigenvalue weighted by Crippen LogP contribution is -2.36. The van der Waals surface area contributed by atoms with E-state index in [4.69, 9.17) is 9.47 Å². The van der Waals surface area contributed by atoms with Gasteiger partial charge in [0.05, 0.1) is 14.2 Å². The molecule has 2 aromatic carbocycles. The Morgan fingerprint density at radius 2 is 1.54 bits per heavy atom. The van der Waals surface area contributed by atoms with Crippen molar-refractivity contribution in [3.8, 4) is 11.5 Å². The molecule has 5 nitrogen and oxygen atoms in total. The van der Waals surface area contributed by atoms with Crippen molar-refractivity contribution in [1.29, 1.82) is 0 Å². The molecular weight excluding hydrogens is 448 g/mol. The third-order valence-corrected chi connectivity index (χ3v) is 3.83. The number of nitrogens with zero attached hydrogens (tertiary/aromatic N) is 1. The van der Waals surface area contributed by atoms with Crippen LogP contribution in [0.25, 0.3) is 0 Å². The van der Waals surface area contributed by atoms with Crippen molar-refractivity contribution in [2.45, 2.75) is 20.0 Å². The summed E-state index contributed by atoms with van der Waals surface area (Å²) >= 11 is 0. The average molecular weight is 473 g/mol. The van der Waals surface area contributed by atoms with Gasteiger partial charge in [-0.1, -0.05) is 18.2 Å². The van der Waals surface area contributed by atoms with Crippen molar-refractivity contribution in [3.63, 3.8) is 0 Å². The fourth-order valence-electron chi connectivity index (χ4n) is 2.33. The normalized spacial score (nSPS) is 10.7. The largest absolute Gasteiger partial charge is 0.493 e. The van der Waals surface area contributed by atoms with Crippen LogP contribution in [0, 0.1) is 12.7 Å². The van der Waals surface area contributed by atoms with Gasteiger partial charge in [0.2, 0.25) is 0 Å². The molecule has 0 heterocycles. The molecule has 0 aromatic heterocycles. The molecule has 142 valence electrons. The molecular formula is C19H25FIN3O2. The first-order chi connectivity index (χ1) is 12.1. The van der Waals surface area contributed by atoms with Gasteiger partial charge in [-0.25, -0.2) is 4.39 Å².